The van der Waals surface area contributed by atoms with Crippen molar-refractivity contribution in [2.75, 3.05) is 12.4 Å². The maximum absolute atomic E-state index is 12.2. The zero-order chi connectivity index (χ0) is 15.5. The smallest absolute Gasteiger partial charge is 0.226 e. The van der Waals surface area contributed by atoms with Gasteiger partial charge in [0.2, 0.25) is 5.91 Å². The highest BCUT2D eigenvalue weighted by Gasteiger charge is 2.26. The Kier molecular flexibility index (Phi) is 4.71. The number of hydrogen-bond acceptors (Lipinski definition) is 5. The molecule has 0 radical (unpaired) electrons. The van der Waals surface area contributed by atoms with Crippen LogP contribution in [0.2, 0.25) is 0 Å². The van der Waals surface area contributed by atoms with Crippen LogP contribution in [0.4, 0.5) is 5.13 Å². The lowest BCUT2D eigenvalue weighted by atomic mass is 10.00. The fourth-order valence-corrected chi connectivity index (χ4v) is 3.99. The van der Waals surface area contributed by atoms with E-state index in [1.807, 2.05) is 18.2 Å². The highest BCUT2D eigenvalue weighted by Crippen LogP contribution is 2.30. The van der Waals surface area contributed by atoms with E-state index in [1.54, 1.807) is 7.11 Å². The van der Waals surface area contributed by atoms with Gasteiger partial charge in [-0.1, -0.05) is 29.9 Å². The summed E-state index contributed by atoms with van der Waals surface area (Å²) in [7, 11) is 1.67. The number of aromatic nitrogens is 1. The fraction of sp³-hybridized carbons (Fsp3) is 0.500. The van der Waals surface area contributed by atoms with Crippen molar-refractivity contribution in [2.24, 2.45) is 11.7 Å². The predicted molar refractivity (Wildman–Crippen MR) is 88.9 cm³/mol. The van der Waals surface area contributed by atoms with Crippen LogP contribution in [0.3, 0.4) is 0 Å². The highest BCUT2D eigenvalue weighted by molar-refractivity contribution is 7.22. The zero-order valence-corrected chi connectivity index (χ0v) is 13.5. The van der Waals surface area contributed by atoms with E-state index in [1.165, 1.54) is 11.3 Å². The Bertz CT molecular complexity index is 670. The summed E-state index contributed by atoms with van der Waals surface area (Å²) in [5.74, 6) is 0.313. The van der Waals surface area contributed by atoms with Gasteiger partial charge in [0.05, 0.1) is 16.8 Å². The Balaban J connectivity index is 1.71. The molecule has 0 aliphatic heterocycles. The molecular formula is C16H21N3O2S. The molecule has 0 saturated heterocycles. The third-order valence-electron chi connectivity index (χ3n) is 4.21. The standard InChI is InChI=1S/C16H21N3O2S/c1-21-9-11-5-3-7-13-15(11)19-16(22-13)18-14(20)8-10-4-2-6-12(10)17/h3,5,7,10,12H,2,4,6,8-9,17H2,1H3,(H,18,19,20)/t10-,12+/m0/s1. The zero-order valence-electron chi connectivity index (χ0n) is 12.7. The number of fused-ring (bicyclic) bond motifs is 1. The molecule has 1 amide bonds. The molecule has 5 nitrogen and oxygen atoms in total. The molecule has 1 fully saturated rings. The van der Waals surface area contributed by atoms with Crippen LogP contribution in [0.25, 0.3) is 10.2 Å². The van der Waals surface area contributed by atoms with Crippen LogP contribution in [0.1, 0.15) is 31.2 Å². The van der Waals surface area contributed by atoms with Crippen molar-refractivity contribution in [3.05, 3.63) is 23.8 Å². The van der Waals surface area contributed by atoms with Crippen LogP contribution in [0.15, 0.2) is 18.2 Å². The van der Waals surface area contributed by atoms with Crippen molar-refractivity contribution in [1.82, 2.24) is 4.98 Å². The van der Waals surface area contributed by atoms with Crippen molar-refractivity contribution in [2.45, 2.75) is 38.3 Å². The quantitative estimate of drug-likeness (QED) is 0.888. The number of carbonyl (C=O) groups is 1. The molecule has 1 aliphatic carbocycles. The normalized spacial score (nSPS) is 21.4. The maximum atomic E-state index is 12.2. The average molecular weight is 319 g/mol. The number of carbonyl (C=O) groups excluding carboxylic acids is 1. The van der Waals surface area contributed by atoms with Crippen LogP contribution in [-0.4, -0.2) is 24.0 Å². The Morgan fingerprint density at radius 1 is 1.50 bits per heavy atom. The number of ether oxygens (including phenoxy) is 1. The van der Waals surface area contributed by atoms with Gasteiger partial charge in [-0.15, -0.1) is 0 Å². The second kappa shape index (κ2) is 6.73. The molecule has 2 aromatic rings. The summed E-state index contributed by atoms with van der Waals surface area (Å²) in [6, 6.07) is 6.15. The first-order chi connectivity index (χ1) is 10.7. The van der Waals surface area contributed by atoms with E-state index in [0.717, 1.165) is 35.0 Å². The molecule has 3 rings (SSSR count). The first-order valence-corrected chi connectivity index (χ1v) is 8.42. The van der Waals surface area contributed by atoms with Crippen LogP contribution in [-0.2, 0) is 16.1 Å². The molecule has 0 unspecified atom stereocenters. The molecular weight excluding hydrogens is 298 g/mol. The van der Waals surface area contributed by atoms with Gasteiger partial charge in [0, 0.05) is 25.1 Å². The number of hydrogen-bond donors (Lipinski definition) is 2. The third-order valence-corrected chi connectivity index (χ3v) is 5.15. The topological polar surface area (TPSA) is 77.2 Å². The van der Waals surface area contributed by atoms with E-state index in [-0.39, 0.29) is 11.9 Å². The number of benzene rings is 1. The molecule has 22 heavy (non-hydrogen) atoms. The monoisotopic (exact) mass is 319 g/mol. The van der Waals surface area contributed by atoms with Gasteiger partial charge in [-0.2, -0.15) is 0 Å². The first kappa shape index (κ1) is 15.4. The Morgan fingerprint density at radius 3 is 3.09 bits per heavy atom. The molecule has 0 bridgehead atoms. The molecule has 1 aliphatic rings. The second-order valence-electron chi connectivity index (χ2n) is 5.82. The van der Waals surface area contributed by atoms with E-state index in [4.69, 9.17) is 10.5 Å². The highest BCUT2D eigenvalue weighted by atomic mass is 32.1. The number of thiazole rings is 1. The SMILES string of the molecule is COCc1cccc2sc(NC(=O)C[C@@H]3CCC[C@H]3N)nc12. The Hall–Kier alpha value is -1.50. The molecule has 1 heterocycles. The van der Waals surface area contributed by atoms with E-state index < -0.39 is 0 Å². The van der Waals surface area contributed by atoms with E-state index in [2.05, 4.69) is 10.3 Å². The van der Waals surface area contributed by atoms with Crippen molar-refractivity contribution in [3.8, 4) is 0 Å². The van der Waals surface area contributed by atoms with Crippen molar-refractivity contribution < 1.29 is 9.53 Å². The number of para-hydroxylation sites is 1. The molecule has 3 N–H and O–H groups in total. The number of nitrogens with one attached hydrogen (secondary N) is 1. The Labute approximate surface area is 133 Å². The first-order valence-electron chi connectivity index (χ1n) is 7.60. The van der Waals surface area contributed by atoms with Gasteiger partial charge in [0.25, 0.3) is 0 Å². The van der Waals surface area contributed by atoms with Crippen LogP contribution >= 0.6 is 11.3 Å². The largest absolute Gasteiger partial charge is 0.380 e. The molecule has 0 spiro atoms. The number of rotatable bonds is 5. The molecule has 118 valence electrons. The lowest BCUT2D eigenvalue weighted by molar-refractivity contribution is -0.117. The van der Waals surface area contributed by atoms with Crippen LogP contribution in [0.5, 0.6) is 0 Å². The van der Waals surface area contributed by atoms with Crippen LogP contribution in [0, 0.1) is 5.92 Å². The minimum Gasteiger partial charge on any atom is -0.380 e. The summed E-state index contributed by atoms with van der Waals surface area (Å²) in [6.07, 6.45) is 3.69. The van der Waals surface area contributed by atoms with Gasteiger partial charge < -0.3 is 15.8 Å². The minimum absolute atomic E-state index is 0.00898. The predicted octanol–water partition coefficient (Wildman–Crippen LogP) is 2.90. The summed E-state index contributed by atoms with van der Waals surface area (Å²) in [5, 5.41) is 3.57. The molecule has 1 aromatic heterocycles. The van der Waals surface area contributed by atoms with E-state index in [9.17, 15) is 4.79 Å². The van der Waals surface area contributed by atoms with Crippen molar-refractivity contribution in [1.29, 1.82) is 0 Å². The molecule has 1 saturated carbocycles. The van der Waals surface area contributed by atoms with Gasteiger partial charge in [-0.05, 0) is 24.8 Å². The van der Waals surface area contributed by atoms with Gasteiger partial charge >= 0.3 is 0 Å². The molecule has 6 heteroatoms. The van der Waals surface area contributed by atoms with Gasteiger partial charge in [0.1, 0.15) is 0 Å². The number of nitrogens with zero attached hydrogens (tertiary/aromatic N) is 1. The second-order valence-corrected chi connectivity index (χ2v) is 6.85. The average Bonchev–Trinajstić information content (AvgIpc) is 3.06. The number of methoxy groups -OCH3 is 1. The maximum Gasteiger partial charge on any atom is 0.226 e. The molecule has 1 aromatic carbocycles. The van der Waals surface area contributed by atoms with Crippen LogP contribution < -0.4 is 11.1 Å². The summed E-state index contributed by atoms with van der Waals surface area (Å²) in [6.45, 7) is 0.519. The summed E-state index contributed by atoms with van der Waals surface area (Å²) in [4.78, 5) is 16.7. The van der Waals surface area contributed by atoms with E-state index >= 15 is 0 Å². The lowest BCUT2D eigenvalue weighted by Gasteiger charge is -2.13. The fourth-order valence-electron chi connectivity index (χ4n) is 3.06. The summed E-state index contributed by atoms with van der Waals surface area (Å²) >= 11 is 1.49. The third kappa shape index (κ3) is 3.29. The lowest BCUT2D eigenvalue weighted by Crippen LogP contribution is -2.28. The number of anilines is 1. The van der Waals surface area contributed by atoms with Gasteiger partial charge in [-0.25, -0.2) is 4.98 Å². The van der Waals surface area contributed by atoms with E-state index in [0.29, 0.717) is 24.1 Å². The van der Waals surface area contributed by atoms with Gasteiger partial charge in [0.15, 0.2) is 5.13 Å². The van der Waals surface area contributed by atoms with Gasteiger partial charge in [-0.3, -0.25) is 4.79 Å². The minimum atomic E-state index is 0.00898. The summed E-state index contributed by atoms with van der Waals surface area (Å²) in [5.41, 5.74) is 7.97. The number of nitrogens with two attached hydrogens (primary N) is 1. The molecule has 2 atom stereocenters. The van der Waals surface area contributed by atoms with Crippen molar-refractivity contribution in [3.63, 3.8) is 0 Å². The Morgan fingerprint density at radius 2 is 2.36 bits per heavy atom. The van der Waals surface area contributed by atoms with Crippen molar-refractivity contribution >= 4 is 32.6 Å². The number of amides is 1. The summed E-state index contributed by atoms with van der Waals surface area (Å²) < 4.78 is 6.25.